The van der Waals surface area contributed by atoms with Gasteiger partial charge in [-0.1, -0.05) is 0 Å². The van der Waals surface area contributed by atoms with Crippen molar-refractivity contribution in [2.45, 2.75) is 45.1 Å². The Labute approximate surface area is 137 Å². The van der Waals surface area contributed by atoms with Gasteiger partial charge in [0.1, 0.15) is 6.04 Å². The molecule has 0 aromatic heterocycles. The third-order valence-corrected chi connectivity index (χ3v) is 5.15. The van der Waals surface area contributed by atoms with Crippen LogP contribution in [0.5, 0.6) is 0 Å². The molecule has 0 bridgehead atoms. The van der Waals surface area contributed by atoms with E-state index in [1.165, 1.54) is 0 Å². The van der Waals surface area contributed by atoms with Crippen molar-refractivity contribution in [3.8, 4) is 0 Å². The molecule has 1 spiro atoms. The number of hydrogen-bond donors (Lipinski definition) is 2. The van der Waals surface area contributed by atoms with E-state index in [2.05, 4.69) is 5.32 Å². The number of carbonyl (C=O) groups excluding carboxylic acids is 3. The molecule has 2 saturated heterocycles. The van der Waals surface area contributed by atoms with Crippen molar-refractivity contribution in [1.82, 2.24) is 15.1 Å². The highest BCUT2D eigenvalue weighted by Crippen LogP contribution is 2.40. The van der Waals surface area contributed by atoms with E-state index in [9.17, 15) is 14.4 Å². The highest BCUT2D eigenvalue weighted by Gasteiger charge is 2.46. The Morgan fingerprint density at radius 1 is 1.22 bits per heavy atom. The average Bonchev–Trinajstić information content (AvgIpc) is 2.51. The molecule has 0 aromatic rings. The Hall–Kier alpha value is -1.63. The zero-order valence-electron chi connectivity index (χ0n) is 13.9. The van der Waals surface area contributed by atoms with Crippen LogP contribution in [-0.2, 0) is 14.4 Å². The molecule has 3 amide bonds. The van der Waals surface area contributed by atoms with Crippen molar-refractivity contribution in [2.24, 2.45) is 11.1 Å². The topological polar surface area (TPSA) is 95.7 Å². The normalized spacial score (nSPS) is 20.8. The summed E-state index contributed by atoms with van der Waals surface area (Å²) in [7, 11) is 0. The molecule has 2 heterocycles. The van der Waals surface area contributed by atoms with Gasteiger partial charge in [-0.15, -0.1) is 0 Å². The van der Waals surface area contributed by atoms with Crippen molar-refractivity contribution in [3.63, 3.8) is 0 Å². The lowest BCUT2D eigenvalue weighted by Crippen LogP contribution is -2.62. The largest absolute Gasteiger partial charge is 0.347 e. The van der Waals surface area contributed by atoms with Crippen molar-refractivity contribution in [1.29, 1.82) is 0 Å². The maximum atomic E-state index is 12.6. The maximum absolute atomic E-state index is 12.6. The number of likely N-dealkylation sites (tertiary alicyclic amines) is 2. The van der Waals surface area contributed by atoms with Crippen LogP contribution >= 0.6 is 0 Å². The summed E-state index contributed by atoms with van der Waals surface area (Å²) < 4.78 is 0. The third-order valence-electron chi connectivity index (χ3n) is 5.15. The fraction of sp³-hybridized carbons (Fsp3) is 0.812. The molecule has 0 aromatic carbocycles. The molecule has 130 valence electrons. The number of nitrogens with one attached hydrogen (secondary N) is 1. The quantitative estimate of drug-likeness (QED) is 0.496. The van der Waals surface area contributed by atoms with Gasteiger partial charge in [0.15, 0.2) is 0 Å². The first kappa shape index (κ1) is 17.7. The molecule has 2 aliphatic rings. The van der Waals surface area contributed by atoms with Crippen LogP contribution in [0.1, 0.15) is 39.0 Å². The molecule has 2 fully saturated rings. The lowest BCUT2D eigenvalue weighted by Gasteiger charge is -2.54. The van der Waals surface area contributed by atoms with E-state index in [0.29, 0.717) is 32.5 Å². The van der Waals surface area contributed by atoms with Crippen LogP contribution in [0.3, 0.4) is 0 Å². The number of nitrogens with two attached hydrogens (primary N) is 1. The fourth-order valence-corrected chi connectivity index (χ4v) is 3.58. The molecule has 7 nitrogen and oxygen atoms in total. The molecule has 0 aliphatic carbocycles. The van der Waals surface area contributed by atoms with Crippen LogP contribution in [0.2, 0.25) is 0 Å². The summed E-state index contributed by atoms with van der Waals surface area (Å²) in [6.07, 6.45) is 4.79. The van der Waals surface area contributed by atoms with E-state index >= 15 is 0 Å². The summed E-state index contributed by atoms with van der Waals surface area (Å²) in [5, 5.41) is 2.64. The number of unbranched alkanes of at least 4 members (excludes halogenated alkanes) is 1. The average molecular weight is 324 g/mol. The number of hydrogen-bond acceptors (Lipinski definition) is 4. The maximum Gasteiger partial charge on any atom is 0.245 e. The molecule has 23 heavy (non-hydrogen) atoms. The molecule has 2 rings (SSSR count). The summed E-state index contributed by atoms with van der Waals surface area (Å²) in [5.41, 5.74) is 5.68. The van der Waals surface area contributed by atoms with Crippen LogP contribution in [0.25, 0.3) is 0 Å². The molecular weight excluding hydrogens is 296 g/mol. The Balaban J connectivity index is 1.82. The summed E-state index contributed by atoms with van der Waals surface area (Å²) >= 11 is 0. The zero-order valence-corrected chi connectivity index (χ0v) is 13.9. The van der Waals surface area contributed by atoms with E-state index in [1.54, 1.807) is 6.92 Å². The van der Waals surface area contributed by atoms with Gasteiger partial charge >= 0.3 is 0 Å². The number of amides is 3. The van der Waals surface area contributed by atoms with Crippen molar-refractivity contribution >= 4 is 18.2 Å². The van der Waals surface area contributed by atoms with E-state index in [0.717, 1.165) is 38.8 Å². The van der Waals surface area contributed by atoms with Crippen molar-refractivity contribution in [3.05, 3.63) is 0 Å². The first-order valence-electron chi connectivity index (χ1n) is 8.45. The predicted octanol–water partition coefficient (Wildman–Crippen LogP) is -0.299. The van der Waals surface area contributed by atoms with Crippen LogP contribution in [0.15, 0.2) is 0 Å². The van der Waals surface area contributed by atoms with Crippen LogP contribution < -0.4 is 11.1 Å². The molecule has 0 radical (unpaired) electrons. The minimum absolute atomic E-state index is 0.00622. The Kier molecular flexibility index (Phi) is 5.98. The summed E-state index contributed by atoms with van der Waals surface area (Å²) in [6, 6.07) is -0.441. The molecule has 3 N–H and O–H groups in total. The van der Waals surface area contributed by atoms with Crippen LogP contribution in [0, 0.1) is 5.41 Å². The van der Waals surface area contributed by atoms with E-state index < -0.39 is 6.04 Å². The molecular formula is C16H28N4O3. The van der Waals surface area contributed by atoms with E-state index in [-0.39, 0.29) is 17.2 Å². The Morgan fingerprint density at radius 3 is 2.39 bits per heavy atom. The zero-order chi connectivity index (χ0) is 16.9. The first-order chi connectivity index (χ1) is 11.0. The monoisotopic (exact) mass is 324 g/mol. The van der Waals surface area contributed by atoms with Crippen molar-refractivity contribution < 1.29 is 14.4 Å². The number of piperidine rings is 1. The van der Waals surface area contributed by atoms with Gasteiger partial charge in [-0.05, 0) is 38.6 Å². The minimum Gasteiger partial charge on any atom is -0.347 e. The van der Waals surface area contributed by atoms with E-state index in [4.69, 9.17) is 5.73 Å². The highest BCUT2D eigenvalue weighted by molar-refractivity contribution is 5.83. The standard InChI is InChI=1S/C16H28N4O3/c1-13(22)20-10-16(11-20)5-8-19(9-6-16)15(23)14(18-12-21)4-2-3-7-17/h12,14H,2-11,17H2,1H3,(H,18,21)/t14-/m1/s1. The predicted molar refractivity (Wildman–Crippen MR) is 86.4 cm³/mol. The summed E-state index contributed by atoms with van der Waals surface area (Å²) in [4.78, 5) is 38.4. The van der Waals surface area contributed by atoms with Gasteiger partial charge in [-0.3, -0.25) is 14.4 Å². The number of carbonyl (C=O) groups is 3. The second-order valence-electron chi connectivity index (χ2n) is 6.82. The SMILES string of the molecule is CC(=O)N1CC2(CCN(C(=O)[C@@H](CCCCN)NC=O)CC2)C1. The number of nitrogens with zero attached hydrogens (tertiary/aromatic N) is 2. The fourth-order valence-electron chi connectivity index (χ4n) is 3.58. The molecule has 1 atom stereocenters. The van der Waals surface area contributed by atoms with Crippen molar-refractivity contribution in [2.75, 3.05) is 32.7 Å². The van der Waals surface area contributed by atoms with Gasteiger partial charge in [-0.25, -0.2) is 0 Å². The lowest BCUT2D eigenvalue weighted by atomic mass is 9.72. The molecule has 0 unspecified atom stereocenters. The lowest BCUT2D eigenvalue weighted by molar-refractivity contribution is -0.149. The highest BCUT2D eigenvalue weighted by atomic mass is 16.2. The van der Waals surface area contributed by atoms with Gasteiger partial charge in [0, 0.05) is 38.5 Å². The molecule has 7 heteroatoms. The van der Waals surface area contributed by atoms with Gasteiger partial charge in [-0.2, -0.15) is 0 Å². The van der Waals surface area contributed by atoms with Crippen LogP contribution in [-0.4, -0.2) is 66.8 Å². The Morgan fingerprint density at radius 2 is 1.87 bits per heavy atom. The smallest absolute Gasteiger partial charge is 0.245 e. The third kappa shape index (κ3) is 4.22. The van der Waals surface area contributed by atoms with Gasteiger partial charge in [0.25, 0.3) is 0 Å². The molecule has 0 saturated carbocycles. The number of rotatable bonds is 7. The second kappa shape index (κ2) is 7.77. The van der Waals surface area contributed by atoms with Gasteiger partial charge in [0.2, 0.25) is 18.2 Å². The van der Waals surface area contributed by atoms with Crippen LogP contribution in [0.4, 0.5) is 0 Å². The summed E-state index contributed by atoms with van der Waals surface area (Å²) in [6.45, 7) is 5.24. The first-order valence-corrected chi connectivity index (χ1v) is 8.45. The summed E-state index contributed by atoms with van der Waals surface area (Å²) in [5.74, 6) is 0.135. The van der Waals surface area contributed by atoms with Gasteiger partial charge < -0.3 is 20.9 Å². The van der Waals surface area contributed by atoms with E-state index in [1.807, 2.05) is 9.80 Å². The molecule has 2 aliphatic heterocycles. The minimum atomic E-state index is -0.441. The van der Waals surface area contributed by atoms with Gasteiger partial charge in [0.05, 0.1) is 0 Å². The second-order valence-corrected chi connectivity index (χ2v) is 6.82. The Bertz CT molecular complexity index is 439.